The van der Waals surface area contributed by atoms with Crippen LogP contribution >= 0.6 is 0 Å². The SMILES string of the molecule is Fc1ccc2c3c(n4c2c1OCC4)CCNCC3. The van der Waals surface area contributed by atoms with Crippen LogP contribution in [0.15, 0.2) is 12.1 Å². The highest BCUT2D eigenvalue weighted by Gasteiger charge is 2.25. The Balaban J connectivity index is 2.10. The average Bonchev–Trinajstić information content (AvgIpc) is 2.57. The van der Waals surface area contributed by atoms with Crippen LogP contribution in [-0.4, -0.2) is 24.3 Å². The van der Waals surface area contributed by atoms with Gasteiger partial charge in [-0.3, -0.25) is 0 Å². The summed E-state index contributed by atoms with van der Waals surface area (Å²) in [5.74, 6) is 0.203. The lowest BCUT2D eigenvalue weighted by Crippen LogP contribution is -2.20. The summed E-state index contributed by atoms with van der Waals surface area (Å²) in [6.45, 7) is 3.40. The van der Waals surface area contributed by atoms with Gasteiger partial charge in [-0.15, -0.1) is 0 Å². The number of halogens is 1. The Morgan fingerprint density at radius 3 is 3.06 bits per heavy atom. The second-order valence-electron chi connectivity index (χ2n) is 4.95. The van der Waals surface area contributed by atoms with Crippen molar-refractivity contribution in [2.24, 2.45) is 0 Å². The second-order valence-corrected chi connectivity index (χ2v) is 4.95. The summed E-state index contributed by atoms with van der Waals surface area (Å²) in [5.41, 5.74) is 3.71. The van der Waals surface area contributed by atoms with Gasteiger partial charge in [0.2, 0.25) is 0 Å². The van der Waals surface area contributed by atoms with Gasteiger partial charge in [0.15, 0.2) is 11.6 Å². The van der Waals surface area contributed by atoms with Crippen LogP contribution in [0.25, 0.3) is 10.9 Å². The summed E-state index contributed by atoms with van der Waals surface area (Å²) in [5, 5.41) is 4.59. The molecule has 0 radical (unpaired) electrons. The van der Waals surface area contributed by atoms with E-state index in [4.69, 9.17) is 4.74 Å². The van der Waals surface area contributed by atoms with E-state index < -0.39 is 0 Å². The summed E-state index contributed by atoms with van der Waals surface area (Å²) in [4.78, 5) is 0. The van der Waals surface area contributed by atoms with Crippen molar-refractivity contribution in [2.45, 2.75) is 19.4 Å². The molecule has 0 atom stereocenters. The number of ether oxygens (including phenoxy) is 1. The van der Waals surface area contributed by atoms with Gasteiger partial charge >= 0.3 is 0 Å². The highest BCUT2D eigenvalue weighted by molar-refractivity contribution is 5.91. The molecule has 18 heavy (non-hydrogen) atoms. The maximum absolute atomic E-state index is 13.8. The Morgan fingerprint density at radius 2 is 2.11 bits per heavy atom. The van der Waals surface area contributed by atoms with Gasteiger partial charge in [0, 0.05) is 24.0 Å². The van der Waals surface area contributed by atoms with Crippen molar-refractivity contribution in [3.05, 3.63) is 29.2 Å². The lowest BCUT2D eigenvalue weighted by Gasteiger charge is -2.19. The van der Waals surface area contributed by atoms with Crippen LogP contribution in [0.4, 0.5) is 4.39 Å². The van der Waals surface area contributed by atoms with Crippen molar-refractivity contribution < 1.29 is 9.13 Å². The maximum Gasteiger partial charge on any atom is 0.179 e. The van der Waals surface area contributed by atoms with E-state index in [1.165, 1.54) is 22.7 Å². The number of fused-ring (bicyclic) bond motifs is 3. The Bertz CT molecular complexity index is 632. The molecule has 2 aliphatic rings. The lowest BCUT2D eigenvalue weighted by molar-refractivity contribution is 0.271. The van der Waals surface area contributed by atoms with Crippen molar-refractivity contribution in [1.82, 2.24) is 9.88 Å². The van der Waals surface area contributed by atoms with Gasteiger partial charge in [-0.1, -0.05) is 0 Å². The van der Waals surface area contributed by atoms with E-state index >= 15 is 0 Å². The molecule has 94 valence electrons. The molecule has 0 unspecified atom stereocenters. The third-order valence-electron chi connectivity index (χ3n) is 4.00. The van der Waals surface area contributed by atoms with Crippen LogP contribution in [0, 0.1) is 5.82 Å². The smallest absolute Gasteiger partial charge is 0.179 e. The summed E-state index contributed by atoms with van der Waals surface area (Å²) in [6, 6.07) is 3.44. The van der Waals surface area contributed by atoms with Gasteiger partial charge in [-0.2, -0.15) is 0 Å². The topological polar surface area (TPSA) is 26.2 Å². The third kappa shape index (κ3) is 1.27. The van der Waals surface area contributed by atoms with Gasteiger partial charge < -0.3 is 14.6 Å². The minimum Gasteiger partial charge on any atom is -0.486 e. The molecule has 4 rings (SSSR count). The van der Waals surface area contributed by atoms with E-state index in [2.05, 4.69) is 9.88 Å². The molecule has 1 aromatic heterocycles. The fraction of sp³-hybridized carbons (Fsp3) is 0.429. The quantitative estimate of drug-likeness (QED) is 0.768. The van der Waals surface area contributed by atoms with Crippen LogP contribution in [0.3, 0.4) is 0 Å². The summed E-state index contributed by atoms with van der Waals surface area (Å²) >= 11 is 0. The van der Waals surface area contributed by atoms with Crippen molar-refractivity contribution in [1.29, 1.82) is 0 Å². The molecule has 1 aromatic carbocycles. The highest BCUT2D eigenvalue weighted by Crippen LogP contribution is 2.37. The molecule has 3 heterocycles. The van der Waals surface area contributed by atoms with Crippen molar-refractivity contribution in [3.8, 4) is 5.75 Å². The third-order valence-corrected chi connectivity index (χ3v) is 4.00. The highest BCUT2D eigenvalue weighted by atomic mass is 19.1. The monoisotopic (exact) mass is 246 g/mol. The fourth-order valence-electron chi connectivity index (χ4n) is 3.24. The van der Waals surface area contributed by atoms with E-state index in [0.717, 1.165) is 38.0 Å². The van der Waals surface area contributed by atoms with Crippen LogP contribution < -0.4 is 10.1 Å². The number of nitrogens with one attached hydrogen (secondary N) is 1. The number of nitrogens with zero attached hydrogens (tertiary/aromatic N) is 1. The first-order valence-corrected chi connectivity index (χ1v) is 6.52. The van der Waals surface area contributed by atoms with Gasteiger partial charge in [0.1, 0.15) is 6.61 Å². The maximum atomic E-state index is 13.8. The van der Waals surface area contributed by atoms with Gasteiger partial charge in [0.25, 0.3) is 0 Å². The Labute approximate surface area is 105 Å². The van der Waals surface area contributed by atoms with E-state index in [0.29, 0.717) is 12.4 Å². The zero-order valence-corrected chi connectivity index (χ0v) is 10.1. The van der Waals surface area contributed by atoms with E-state index in [9.17, 15) is 4.39 Å². The minimum atomic E-state index is -0.241. The Morgan fingerprint density at radius 1 is 1.22 bits per heavy atom. The van der Waals surface area contributed by atoms with Crippen molar-refractivity contribution in [3.63, 3.8) is 0 Å². The van der Waals surface area contributed by atoms with E-state index in [-0.39, 0.29) is 5.82 Å². The van der Waals surface area contributed by atoms with E-state index in [1.807, 2.05) is 6.07 Å². The molecule has 4 heteroatoms. The Kier molecular flexibility index (Phi) is 2.14. The molecule has 2 aromatic rings. The number of hydrogen-bond acceptors (Lipinski definition) is 2. The first-order valence-electron chi connectivity index (χ1n) is 6.52. The predicted octanol–water partition coefficient (Wildman–Crippen LogP) is 1.86. The summed E-state index contributed by atoms with van der Waals surface area (Å²) < 4.78 is 21.6. The molecule has 0 fully saturated rings. The summed E-state index contributed by atoms with van der Waals surface area (Å²) in [6.07, 6.45) is 2.04. The molecular formula is C14H15FN2O. The predicted molar refractivity (Wildman–Crippen MR) is 67.7 cm³/mol. The molecule has 0 bridgehead atoms. The molecule has 2 aliphatic heterocycles. The fourth-order valence-corrected chi connectivity index (χ4v) is 3.24. The van der Waals surface area contributed by atoms with Crippen molar-refractivity contribution >= 4 is 10.9 Å². The standard InChI is InChI=1S/C14H15FN2O/c15-11-2-1-10-9-3-5-16-6-4-12(9)17-7-8-18-14(11)13(10)17/h1-2,16H,3-8H2. The molecule has 1 N–H and O–H groups in total. The van der Waals surface area contributed by atoms with E-state index in [1.54, 1.807) is 0 Å². The molecule has 0 spiro atoms. The van der Waals surface area contributed by atoms with Gasteiger partial charge in [-0.25, -0.2) is 4.39 Å². The average molecular weight is 246 g/mol. The van der Waals surface area contributed by atoms with Crippen LogP contribution in [0.5, 0.6) is 5.75 Å². The number of aromatic nitrogens is 1. The zero-order valence-electron chi connectivity index (χ0n) is 10.1. The van der Waals surface area contributed by atoms with Crippen LogP contribution in [-0.2, 0) is 19.4 Å². The Hall–Kier alpha value is -1.55. The number of hydrogen-bond donors (Lipinski definition) is 1. The molecule has 0 amide bonds. The number of rotatable bonds is 0. The van der Waals surface area contributed by atoms with Gasteiger partial charge in [0.05, 0.1) is 12.1 Å². The first kappa shape index (κ1) is 10.4. The molecule has 3 nitrogen and oxygen atoms in total. The molecule has 0 saturated carbocycles. The molecule has 0 aliphatic carbocycles. The van der Waals surface area contributed by atoms with Gasteiger partial charge in [-0.05, 0) is 30.7 Å². The normalized spacial score (nSPS) is 18.3. The van der Waals surface area contributed by atoms with Crippen molar-refractivity contribution in [2.75, 3.05) is 19.7 Å². The largest absolute Gasteiger partial charge is 0.486 e. The first-order chi connectivity index (χ1) is 8.86. The molecular weight excluding hydrogens is 231 g/mol. The van der Waals surface area contributed by atoms with Crippen LogP contribution in [0.1, 0.15) is 11.3 Å². The summed E-state index contributed by atoms with van der Waals surface area (Å²) in [7, 11) is 0. The molecule has 0 saturated heterocycles. The number of benzene rings is 1. The lowest BCUT2D eigenvalue weighted by atomic mass is 10.1. The second kappa shape index (κ2) is 3.72. The minimum absolute atomic E-state index is 0.241. The van der Waals surface area contributed by atoms with Crippen LogP contribution in [0.2, 0.25) is 0 Å². The zero-order chi connectivity index (χ0) is 12.1.